The van der Waals surface area contributed by atoms with Gasteiger partial charge in [-0.15, -0.1) is 0 Å². The highest BCUT2D eigenvalue weighted by Crippen LogP contribution is 2.29. The minimum absolute atomic E-state index is 0.496. The van der Waals surface area contributed by atoms with Gasteiger partial charge in [-0.05, 0) is 24.5 Å². The van der Waals surface area contributed by atoms with Crippen LogP contribution in [0.25, 0.3) is 0 Å². The first-order chi connectivity index (χ1) is 5.75. The highest BCUT2D eigenvalue weighted by molar-refractivity contribution is 8.00. The molecular weight excluding hydrogens is 168 g/mol. The maximum absolute atomic E-state index is 5.54. The molecular formula is C9H20N2S. The second kappa shape index (κ2) is 5.10. The summed E-state index contributed by atoms with van der Waals surface area (Å²) in [4.78, 5) is 0. The molecule has 1 fully saturated rings. The molecule has 0 radical (unpaired) electrons. The lowest BCUT2D eigenvalue weighted by molar-refractivity contribution is 0.377. The third kappa shape index (κ3) is 2.64. The van der Waals surface area contributed by atoms with Gasteiger partial charge >= 0.3 is 0 Å². The second-order valence-electron chi connectivity index (χ2n) is 3.84. The molecule has 2 nitrogen and oxygen atoms in total. The van der Waals surface area contributed by atoms with Crippen molar-refractivity contribution in [2.75, 3.05) is 5.75 Å². The summed E-state index contributed by atoms with van der Waals surface area (Å²) in [5.41, 5.74) is 2.95. The van der Waals surface area contributed by atoms with E-state index in [0.29, 0.717) is 12.0 Å². The zero-order valence-corrected chi connectivity index (χ0v) is 8.86. The van der Waals surface area contributed by atoms with E-state index in [1.165, 1.54) is 25.0 Å². The van der Waals surface area contributed by atoms with Crippen molar-refractivity contribution >= 4 is 11.8 Å². The Hall–Kier alpha value is 0.270. The number of nitrogens with two attached hydrogens (primary N) is 1. The van der Waals surface area contributed by atoms with E-state index in [9.17, 15) is 0 Å². The molecule has 0 spiro atoms. The zero-order valence-electron chi connectivity index (χ0n) is 8.05. The summed E-state index contributed by atoms with van der Waals surface area (Å²) >= 11 is 2.08. The lowest BCUT2D eigenvalue weighted by atomic mass is 9.98. The standard InChI is InChI=1S/C9H20N2S/c1-7(2)9(11-10)8-5-3-4-6-12-8/h7-9,11H,3-6,10H2,1-2H3. The maximum atomic E-state index is 5.54. The Labute approximate surface area is 79.6 Å². The van der Waals surface area contributed by atoms with Crippen LogP contribution < -0.4 is 11.3 Å². The molecule has 0 saturated carbocycles. The molecule has 0 aliphatic carbocycles. The molecule has 3 N–H and O–H groups in total. The fourth-order valence-electron chi connectivity index (χ4n) is 1.78. The molecule has 72 valence electrons. The van der Waals surface area contributed by atoms with Crippen LogP contribution >= 0.6 is 11.8 Å². The van der Waals surface area contributed by atoms with Crippen molar-refractivity contribution in [1.29, 1.82) is 0 Å². The monoisotopic (exact) mass is 188 g/mol. The van der Waals surface area contributed by atoms with E-state index in [2.05, 4.69) is 31.0 Å². The van der Waals surface area contributed by atoms with Gasteiger partial charge in [0.2, 0.25) is 0 Å². The van der Waals surface area contributed by atoms with E-state index in [4.69, 9.17) is 5.84 Å². The van der Waals surface area contributed by atoms with E-state index in [0.717, 1.165) is 5.25 Å². The van der Waals surface area contributed by atoms with Gasteiger partial charge in [0.15, 0.2) is 0 Å². The number of thioether (sulfide) groups is 1. The van der Waals surface area contributed by atoms with Crippen molar-refractivity contribution in [2.24, 2.45) is 11.8 Å². The SMILES string of the molecule is CC(C)C(NN)C1CCCCS1. The Morgan fingerprint density at radius 3 is 2.58 bits per heavy atom. The van der Waals surface area contributed by atoms with Gasteiger partial charge in [-0.3, -0.25) is 11.3 Å². The molecule has 0 amide bonds. The van der Waals surface area contributed by atoms with Crippen LogP contribution in [0.1, 0.15) is 33.1 Å². The Morgan fingerprint density at radius 1 is 1.42 bits per heavy atom. The van der Waals surface area contributed by atoms with Gasteiger partial charge in [0.1, 0.15) is 0 Å². The van der Waals surface area contributed by atoms with Crippen molar-refractivity contribution in [3.63, 3.8) is 0 Å². The third-order valence-electron chi connectivity index (χ3n) is 2.53. The molecule has 12 heavy (non-hydrogen) atoms. The van der Waals surface area contributed by atoms with Crippen LogP contribution in [-0.4, -0.2) is 17.0 Å². The zero-order chi connectivity index (χ0) is 8.97. The van der Waals surface area contributed by atoms with E-state index in [1.54, 1.807) is 0 Å². The first kappa shape index (κ1) is 10.4. The molecule has 1 aliphatic heterocycles. The molecule has 1 rings (SSSR count). The summed E-state index contributed by atoms with van der Waals surface area (Å²) in [5.74, 6) is 7.50. The second-order valence-corrected chi connectivity index (χ2v) is 5.19. The van der Waals surface area contributed by atoms with Gasteiger partial charge in [0.05, 0.1) is 0 Å². The predicted molar refractivity (Wildman–Crippen MR) is 56.0 cm³/mol. The average molecular weight is 188 g/mol. The number of nitrogens with one attached hydrogen (secondary N) is 1. The molecule has 0 aromatic carbocycles. The third-order valence-corrected chi connectivity index (χ3v) is 4.01. The summed E-state index contributed by atoms with van der Waals surface area (Å²) in [6.07, 6.45) is 4.09. The Bertz CT molecular complexity index is 122. The number of rotatable bonds is 3. The van der Waals surface area contributed by atoms with Crippen LogP contribution in [-0.2, 0) is 0 Å². The van der Waals surface area contributed by atoms with Crippen LogP contribution in [0.2, 0.25) is 0 Å². The predicted octanol–water partition coefficient (Wildman–Crippen LogP) is 1.76. The highest BCUT2D eigenvalue weighted by Gasteiger charge is 2.25. The number of hydrazine groups is 1. The van der Waals surface area contributed by atoms with Crippen molar-refractivity contribution in [2.45, 2.75) is 44.4 Å². The fourth-order valence-corrected chi connectivity index (χ4v) is 3.38. The van der Waals surface area contributed by atoms with Gasteiger partial charge in [-0.25, -0.2) is 0 Å². The molecule has 1 aliphatic rings. The topological polar surface area (TPSA) is 38.0 Å². The molecule has 1 heterocycles. The number of hydrogen-bond donors (Lipinski definition) is 2. The minimum atomic E-state index is 0.496. The normalized spacial score (nSPS) is 27.5. The molecule has 3 heteroatoms. The smallest absolute Gasteiger partial charge is 0.0352 e. The number of hydrogen-bond acceptors (Lipinski definition) is 3. The summed E-state index contributed by atoms with van der Waals surface area (Å²) in [5, 5.41) is 0.740. The van der Waals surface area contributed by atoms with Crippen molar-refractivity contribution < 1.29 is 0 Å². The first-order valence-corrected chi connectivity index (χ1v) is 5.88. The molecule has 1 saturated heterocycles. The summed E-state index contributed by atoms with van der Waals surface area (Å²) in [6.45, 7) is 4.47. The molecule has 0 aromatic rings. The average Bonchev–Trinajstić information content (AvgIpc) is 2.07. The van der Waals surface area contributed by atoms with E-state index >= 15 is 0 Å². The Morgan fingerprint density at radius 2 is 2.17 bits per heavy atom. The van der Waals surface area contributed by atoms with Crippen LogP contribution in [0, 0.1) is 5.92 Å². The van der Waals surface area contributed by atoms with Crippen LogP contribution in [0.15, 0.2) is 0 Å². The Balaban J connectivity index is 2.40. The van der Waals surface area contributed by atoms with Crippen molar-refractivity contribution in [3.8, 4) is 0 Å². The van der Waals surface area contributed by atoms with E-state index < -0.39 is 0 Å². The molecule has 0 aromatic heterocycles. The quantitative estimate of drug-likeness (QED) is 0.523. The first-order valence-electron chi connectivity index (χ1n) is 4.83. The van der Waals surface area contributed by atoms with Gasteiger partial charge < -0.3 is 0 Å². The minimum Gasteiger partial charge on any atom is -0.271 e. The van der Waals surface area contributed by atoms with Gasteiger partial charge in [0.25, 0.3) is 0 Å². The summed E-state index contributed by atoms with van der Waals surface area (Å²) in [6, 6.07) is 0.496. The fraction of sp³-hybridized carbons (Fsp3) is 1.00. The molecule has 2 atom stereocenters. The lowest BCUT2D eigenvalue weighted by Crippen LogP contribution is -2.46. The van der Waals surface area contributed by atoms with E-state index in [-0.39, 0.29) is 0 Å². The maximum Gasteiger partial charge on any atom is 0.0352 e. The molecule has 2 unspecified atom stereocenters. The van der Waals surface area contributed by atoms with Gasteiger partial charge in [-0.1, -0.05) is 20.3 Å². The van der Waals surface area contributed by atoms with Gasteiger partial charge in [0, 0.05) is 11.3 Å². The van der Waals surface area contributed by atoms with E-state index in [1.807, 2.05) is 0 Å². The van der Waals surface area contributed by atoms with Crippen LogP contribution in [0.4, 0.5) is 0 Å². The summed E-state index contributed by atoms with van der Waals surface area (Å²) in [7, 11) is 0. The van der Waals surface area contributed by atoms with Crippen molar-refractivity contribution in [3.05, 3.63) is 0 Å². The van der Waals surface area contributed by atoms with Gasteiger partial charge in [-0.2, -0.15) is 11.8 Å². The largest absolute Gasteiger partial charge is 0.271 e. The highest BCUT2D eigenvalue weighted by atomic mass is 32.2. The van der Waals surface area contributed by atoms with Crippen molar-refractivity contribution in [1.82, 2.24) is 5.43 Å². The Kier molecular flexibility index (Phi) is 4.40. The van der Waals surface area contributed by atoms with Crippen LogP contribution in [0.5, 0.6) is 0 Å². The van der Waals surface area contributed by atoms with Crippen LogP contribution in [0.3, 0.4) is 0 Å². The molecule has 0 bridgehead atoms. The summed E-state index contributed by atoms with van der Waals surface area (Å²) < 4.78 is 0. The lowest BCUT2D eigenvalue weighted by Gasteiger charge is -2.31.